The highest BCUT2D eigenvalue weighted by Crippen LogP contribution is 2.34. The zero-order valence-corrected chi connectivity index (χ0v) is 22.6. The Morgan fingerprint density at radius 1 is 0.806 bits per heavy atom. The average molecular weight is 491 g/mol. The standard InChI is InChI=1S/C32H46N2O2/c1-3-5-6-7-25-14-16-29(17-15-25)32(35)36-30-20-18-28(19-21-30)31-33-22-27(23-34-31)13-12-26-10-8-24(4-2)9-11-26/h18-26,29H,3-17H2,1-2H3/t24-,25-,26-,29-. The first-order chi connectivity index (χ1) is 17.6. The van der Waals surface area contributed by atoms with E-state index in [1.54, 1.807) is 0 Å². The van der Waals surface area contributed by atoms with Crippen LogP contribution in [0.15, 0.2) is 36.7 Å². The van der Waals surface area contributed by atoms with Gasteiger partial charge in [-0.2, -0.15) is 0 Å². The quantitative estimate of drug-likeness (QED) is 0.180. The van der Waals surface area contributed by atoms with Crippen molar-refractivity contribution in [2.45, 2.75) is 110 Å². The molecule has 2 fully saturated rings. The molecule has 36 heavy (non-hydrogen) atoms. The minimum atomic E-state index is -0.0708. The molecule has 2 saturated carbocycles. The number of carbonyl (C=O) groups is 1. The lowest BCUT2D eigenvalue weighted by Gasteiger charge is -2.27. The number of hydrogen-bond donors (Lipinski definition) is 0. The van der Waals surface area contributed by atoms with Crippen LogP contribution in [0.4, 0.5) is 0 Å². The maximum Gasteiger partial charge on any atom is 0.314 e. The second-order valence-corrected chi connectivity index (χ2v) is 11.4. The molecule has 4 nitrogen and oxygen atoms in total. The van der Waals surface area contributed by atoms with Gasteiger partial charge in [0, 0.05) is 18.0 Å². The summed E-state index contributed by atoms with van der Waals surface area (Å²) in [6, 6.07) is 7.64. The Labute approximate surface area is 218 Å². The first kappa shape index (κ1) is 26.8. The fourth-order valence-electron chi connectivity index (χ4n) is 6.17. The molecule has 4 heteroatoms. The second-order valence-electron chi connectivity index (χ2n) is 11.4. The summed E-state index contributed by atoms with van der Waals surface area (Å²) in [5, 5.41) is 0. The van der Waals surface area contributed by atoms with Gasteiger partial charge >= 0.3 is 5.97 Å². The third-order valence-corrected chi connectivity index (χ3v) is 8.82. The number of ether oxygens (including phenoxy) is 1. The fraction of sp³-hybridized carbons (Fsp3) is 0.656. The predicted molar refractivity (Wildman–Crippen MR) is 147 cm³/mol. The van der Waals surface area contributed by atoms with E-state index in [1.165, 1.54) is 69.8 Å². The van der Waals surface area contributed by atoms with Gasteiger partial charge in [-0.25, -0.2) is 9.97 Å². The lowest BCUT2D eigenvalue weighted by atomic mass is 9.79. The van der Waals surface area contributed by atoms with Crippen molar-refractivity contribution < 1.29 is 9.53 Å². The van der Waals surface area contributed by atoms with Gasteiger partial charge in [0.15, 0.2) is 5.82 Å². The van der Waals surface area contributed by atoms with Crippen LogP contribution in [0, 0.1) is 23.7 Å². The Morgan fingerprint density at radius 3 is 2.06 bits per heavy atom. The minimum Gasteiger partial charge on any atom is -0.426 e. The summed E-state index contributed by atoms with van der Waals surface area (Å²) in [5.41, 5.74) is 2.17. The molecular formula is C32H46N2O2. The van der Waals surface area contributed by atoms with Gasteiger partial charge in [-0.05, 0) is 86.1 Å². The molecule has 0 saturated heterocycles. The highest BCUT2D eigenvalue weighted by Gasteiger charge is 2.27. The molecule has 1 heterocycles. The number of aryl methyl sites for hydroxylation is 1. The van der Waals surface area contributed by atoms with Gasteiger partial charge in [0.25, 0.3) is 0 Å². The SMILES string of the molecule is CCCCC[C@H]1CC[C@H](C(=O)Oc2ccc(-c3ncc(CC[C@H]4CC[C@H](CC)CC4)cn3)cc2)CC1. The van der Waals surface area contributed by atoms with Gasteiger partial charge in [0.2, 0.25) is 0 Å². The summed E-state index contributed by atoms with van der Waals surface area (Å²) in [4.78, 5) is 21.9. The molecule has 2 aliphatic rings. The first-order valence-corrected chi connectivity index (χ1v) is 14.8. The Hall–Kier alpha value is -2.23. The molecular weight excluding hydrogens is 444 g/mol. The van der Waals surface area contributed by atoms with Crippen LogP contribution < -0.4 is 4.74 Å². The minimum absolute atomic E-state index is 0.0460. The molecule has 0 amide bonds. The van der Waals surface area contributed by atoms with Crippen LogP contribution in [0.2, 0.25) is 0 Å². The number of hydrogen-bond acceptors (Lipinski definition) is 4. The smallest absolute Gasteiger partial charge is 0.314 e. The number of esters is 1. The van der Waals surface area contributed by atoms with Gasteiger partial charge in [-0.15, -0.1) is 0 Å². The largest absolute Gasteiger partial charge is 0.426 e. The van der Waals surface area contributed by atoms with Crippen molar-refractivity contribution in [3.8, 4) is 17.1 Å². The Balaban J connectivity index is 1.21. The number of nitrogens with zero attached hydrogens (tertiary/aromatic N) is 2. The molecule has 0 N–H and O–H groups in total. The van der Waals surface area contributed by atoms with Gasteiger partial charge in [0.05, 0.1) is 5.92 Å². The molecule has 0 aliphatic heterocycles. The topological polar surface area (TPSA) is 52.1 Å². The molecule has 2 aromatic rings. The molecule has 0 radical (unpaired) electrons. The van der Waals surface area contributed by atoms with E-state index >= 15 is 0 Å². The Bertz CT molecular complexity index is 908. The van der Waals surface area contributed by atoms with E-state index in [0.29, 0.717) is 5.75 Å². The molecule has 0 bridgehead atoms. The Kier molecular flexibility index (Phi) is 10.4. The van der Waals surface area contributed by atoms with Crippen molar-refractivity contribution in [3.63, 3.8) is 0 Å². The summed E-state index contributed by atoms with van der Waals surface area (Å²) >= 11 is 0. The zero-order chi connectivity index (χ0) is 25.2. The number of benzene rings is 1. The van der Waals surface area contributed by atoms with E-state index < -0.39 is 0 Å². The average Bonchev–Trinajstić information content (AvgIpc) is 2.93. The first-order valence-electron chi connectivity index (χ1n) is 14.8. The van der Waals surface area contributed by atoms with Crippen LogP contribution in [-0.4, -0.2) is 15.9 Å². The summed E-state index contributed by atoms with van der Waals surface area (Å²) in [5.74, 6) is 3.93. The van der Waals surface area contributed by atoms with Crippen LogP contribution in [-0.2, 0) is 11.2 Å². The normalized spacial score (nSPS) is 24.4. The summed E-state index contributed by atoms with van der Waals surface area (Å²) < 4.78 is 5.72. The van der Waals surface area contributed by atoms with E-state index in [4.69, 9.17) is 4.74 Å². The lowest BCUT2D eigenvalue weighted by molar-refractivity contribution is -0.140. The number of unbranched alkanes of at least 4 members (excludes halogenated alkanes) is 2. The number of rotatable bonds is 11. The van der Waals surface area contributed by atoms with Crippen LogP contribution in [0.3, 0.4) is 0 Å². The van der Waals surface area contributed by atoms with Crippen molar-refractivity contribution in [2.24, 2.45) is 23.7 Å². The van der Waals surface area contributed by atoms with Crippen molar-refractivity contribution in [3.05, 3.63) is 42.2 Å². The highest BCUT2D eigenvalue weighted by atomic mass is 16.5. The van der Waals surface area contributed by atoms with Crippen LogP contribution >= 0.6 is 0 Å². The molecule has 1 aromatic carbocycles. The van der Waals surface area contributed by atoms with E-state index in [0.717, 1.165) is 61.2 Å². The van der Waals surface area contributed by atoms with Crippen LogP contribution in [0.1, 0.15) is 109 Å². The second kappa shape index (κ2) is 13.9. The van der Waals surface area contributed by atoms with Gasteiger partial charge < -0.3 is 4.74 Å². The van der Waals surface area contributed by atoms with Gasteiger partial charge in [-0.3, -0.25) is 4.79 Å². The number of carbonyl (C=O) groups excluding carboxylic acids is 1. The zero-order valence-electron chi connectivity index (χ0n) is 22.6. The van der Waals surface area contributed by atoms with Crippen molar-refractivity contribution >= 4 is 5.97 Å². The van der Waals surface area contributed by atoms with Crippen molar-refractivity contribution in [1.82, 2.24) is 9.97 Å². The van der Waals surface area contributed by atoms with Gasteiger partial charge in [-0.1, -0.05) is 71.6 Å². The summed E-state index contributed by atoms with van der Waals surface area (Å²) in [6.07, 6.45) is 22.7. The van der Waals surface area contributed by atoms with Gasteiger partial charge in [0.1, 0.15) is 5.75 Å². The predicted octanol–water partition coefficient (Wildman–Crippen LogP) is 8.58. The molecule has 0 atom stereocenters. The van der Waals surface area contributed by atoms with Crippen LogP contribution in [0.25, 0.3) is 11.4 Å². The maximum atomic E-state index is 12.7. The van der Waals surface area contributed by atoms with E-state index in [1.807, 2.05) is 36.7 Å². The Morgan fingerprint density at radius 2 is 1.42 bits per heavy atom. The van der Waals surface area contributed by atoms with Crippen molar-refractivity contribution in [2.75, 3.05) is 0 Å². The fourth-order valence-corrected chi connectivity index (χ4v) is 6.17. The summed E-state index contributed by atoms with van der Waals surface area (Å²) in [6.45, 7) is 4.58. The third kappa shape index (κ3) is 7.88. The van der Waals surface area contributed by atoms with E-state index in [-0.39, 0.29) is 11.9 Å². The molecule has 0 spiro atoms. The van der Waals surface area contributed by atoms with Crippen molar-refractivity contribution in [1.29, 1.82) is 0 Å². The number of aromatic nitrogens is 2. The molecule has 196 valence electrons. The lowest BCUT2D eigenvalue weighted by Crippen LogP contribution is -2.25. The molecule has 0 unspecified atom stereocenters. The van der Waals surface area contributed by atoms with Crippen LogP contribution in [0.5, 0.6) is 5.75 Å². The highest BCUT2D eigenvalue weighted by molar-refractivity contribution is 5.75. The maximum absolute atomic E-state index is 12.7. The van der Waals surface area contributed by atoms with E-state index in [2.05, 4.69) is 23.8 Å². The van der Waals surface area contributed by atoms with E-state index in [9.17, 15) is 4.79 Å². The molecule has 2 aliphatic carbocycles. The summed E-state index contributed by atoms with van der Waals surface area (Å²) in [7, 11) is 0. The molecule has 4 rings (SSSR count). The monoisotopic (exact) mass is 490 g/mol. The third-order valence-electron chi connectivity index (χ3n) is 8.82. The molecule has 1 aromatic heterocycles.